The first-order valence-electron chi connectivity index (χ1n) is 4.19. The van der Waals surface area contributed by atoms with Crippen LogP contribution < -0.4 is 5.69 Å². The number of hydrogen-bond donors (Lipinski definition) is 2. The molecule has 1 atom stereocenters. The summed E-state index contributed by atoms with van der Waals surface area (Å²) in [4.78, 5) is 13.6. The molecule has 0 spiro atoms. The van der Waals surface area contributed by atoms with Crippen LogP contribution in [-0.2, 0) is 13.0 Å². The number of aromatic hydroxyl groups is 1. The zero-order valence-electron chi connectivity index (χ0n) is 7.00. The molecular formula is C8H12N2O2. The van der Waals surface area contributed by atoms with E-state index in [0.717, 1.165) is 25.1 Å². The Morgan fingerprint density at radius 1 is 1.67 bits per heavy atom. The van der Waals surface area contributed by atoms with E-state index in [1.807, 2.05) is 0 Å². The fourth-order valence-electron chi connectivity index (χ4n) is 1.72. The number of aromatic nitrogens is 2. The average Bonchev–Trinajstić information content (AvgIpc) is 2.28. The first kappa shape index (κ1) is 7.46. The van der Waals surface area contributed by atoms with E-state index in [4.69, 9.17) is 0 Å². The monoisotopic (exact) mass is 168 g/mol. The van der Waals surface area contributed by atoms with Crippen molar-refractivity contribution < 1.29 is 5.11 Å². The number of aromatic amines is 1. The number of imidazole rings is 1. The molecule has 0 amide bonds. The SMILES string of the molecule is CC1CCc2c(O)[nH]c(=O)n2C1. The third-order valence-corrected chi connectivity index (χ3v) is 2.44. The van der Waals surface area contributed by atoms with E-state index in [9.17, 15) is 9.90 Å². The van der Waals surface area contributed by atoms with Crippen molar-refractivity contribution in [3.63, 3.8) is 0 Å². The zero-order chi connectivity index (χ0) is 8.72. The van der Waals surface area contributed by atoms with Gasteiger partial charge < -0.3 is 5.11 Å². The van der Waals surface area contributed by atoms with Crippen molar-refractivity contribution in [3.8, 4) is 5.88 Å². The number of fused-ring (bicyclic) bond motifs is 1. The molecule has 0 radical (unpaired) electrons. The second-order valence-corrected chi connectivity index (χ2v) is 3.48. The van der Waals surface area contributed by atoms with Gasteiger partial charge in [0.05, 0.1) is 5.69 Å². The largest absolute Gasteiger partial charge is 0.493 e. The average molecular weight is 168 g/mol. The predicted octanol–water partition coefficient (Wildman–Crippen LogP) is 0.464. The highest BCUT2D eigenvalue weighted by molar-refractivity contribution is 5.19. The van der Waals surface area contributed by atoms with E-state index in [1.54, 1.807) is 4.57 Å². The molecule has 0 aromatic carbocycles. The van der Waals surface area contributed by atoms with Crippen LogP contribution in [-0.4, -0.2) is 14.7 Å². The number of nitrogens with zero attached hydrogens (tertiary/aromatic N) is 1. The van der Waals surface area contributed by atoms with Crippen molar-refractivity contribution in [1.82, 2.24) is 9.55 Å². The van der Waals surface area contributed by atoms with Gasteiger partial charge in [-0.2, -0.15) is 0 Å². The summed E-state index contributed by atoms with van der Waals surface area (Å²) in [6, 6.07) is 0. The van der Waals surface area contributed by atoms with Crippen LogP contribution in [0.4, 0.5) is 0 Å². The highest BCUT2D eigenvalue weighted by Crippen LogP contribution is 2.22. The van der Waals surface area contributed by atoms with Gasteiger partial charge in [-0.15, -0.1) is 0 Å². The summed E-state index contributed by atoms with van der Waals surface area (Å²) in [6.07, 6.45) is 1.84. The lowest BCUT2D eigenvalue weighted by atomic mass is 10.0. The Morgan fingerprint density at radius 2 is 2.42 bits per heavy atom. The van der Waals surface area contributed by atoms with Crippen LogP contribution in [0.3, 0.4) is 0 Å². The number of rotatable bonds is 0. The summed E-state index contributed by atoms with van der Waals surface area (Å²) in [5.41, 5.74) is 0.576. The molecule has 0 fully saturated rings. The van der Waals surface area contributed by atoms with E-state index in [1.165, 1.54) is 0 Å². The molecule has 1 aromatic rings. The first-order valence-corrected chi connectivity index (χ1v) is 4.19. The minimum absolute atomic E-state index is 0.0481. The Morgan fingerprint density at radius 3 is 3.17 bits per heavy atom. The van der Waals surface area contributed by atoms with Crippen molar-refractivity contribution in [2.45, 2.75) is 26.3 Å². The summed E-state index contributed by atoms with van der Waals surface area (Å²) >= 11 is 0. The van der Waals surface area contributed by atoms with Gasteiger partial charge in [0, 0.05) is 6.54 Å². The van der Waals surface area contributed by atoms with E-state index in [-0.39, 0.29) is 11.6 Å². The smallest absolute Gasteiger partial charge is 0.328 e. The zero-order valence-corrected chi connectivity index (χ0v) is 7.00. The van der Waals surface area contributed by atoms with Gasteiger partial charge in [-0.05, 0) is 18.8 Å². The molecule has 0 saturated heterocycles. The van der Waals surface area contributed by atoms with Crippen molar-refractivity contribution in [2.24, 2.45) is 5.92 Å². The molecule has 4 heteroatoms. The maximum atomic E-state index is 11.2. The second-order valence-electron chi connectivity index (χ2n) is 3.48. The molecule has 66 valence electrons. The molecule has 1 aromatic heterocycles. The summed E-state index contributed by atoms with van der Waals surface area (Å²) in [7, 11) is 0. The second kappa shape index (κ2) is 2.40. The van der Waals surface area contributed by atoms with Crippen LogP contribution in [0.25, 0.3) is 0 Å². The molecule has 2 rings (SSSR count). The highest BCUT2D eigenvalue weighted by Gasteiger charge is 2.20. The van der Waals surface area contributed by atoms with Crippen LogP contribution in [0.15, 0.2) is 4.79 Å². The first-order chi connectivity index (χ1) is 5.68. The van der Waals surface area contributed by atoms with Gasteiger partial charge in [0.25, 0.3) is 0 Å². The van der Waals surface area contributed by atoms with Crippen LogP contribution in [0.5, 0.6) is 5.88 Å². The molecular weight excluding hydrogens is 156 g/mol. The minimum atomic E-state index is -0.186. The lowest BCUT2D eigenvalue weighted by Gasteiger charge is -2.19. The Bertz CT molecular complexity index is 350. The summed E-state index contributed by atoms with van der Waals surface area (Å²) in [6.45, 7) is 2.84. The van der Waals surface area contributed by atoms with Crippen molar-refractivity contribution in [2.75, 3.05) is 0 Å². The van der Waals surface area contributed by atoms with Crippen molar-refractivity contribution >= 4 is 0 Å². The molecule has 12 heavy (non-hydrogen) atoms. The molecule has 1 aliphatic heterocycles. The Labute approximate surface area is 69.8 Å². The summed E-state index contributed by atoms with van der Waals surface area (Å²) in [5, 5.41) is 9.29. The topological polar surface area (TPSA) is 58.0 Å². The summed E-state index contributed by atoms with van der Waals surface area (Å²) < 4.78 is 1.63. The van der Waals surface area contributed by atoms with Gasteiger partial charge >= 0.3 is 5.69 Å². The van der Waals surface area contributed by atoms with Crippen molar-refractivity contribution in [3.05, 3.63) is 16.2 Å². The fraction of sp³-hybridized carbons (Fsp3) is 0.625. The number of hydrogen-bond acceptors (Lipinski definition) is 2. The quantitative estimate of drug-likeness (QED) is 0.591. The van der Waals surface area contributed by atoms with Crippen LogP contribution in [0.2, 0.25) is 0 Å². The minimum Gasteiger partial charge on any atom is -0.493 e. The fourth-order valence-corrected chi connectivity index (χ4v) is 1.72. The molecule has 0 saturated carbocycles. The standard InChI is InChI=1S/C8H12N2O2/c1-5-2-3-6-7(11)9-8(12)10(6)4-5/h5,11H,2-4H2,1H3,(H,9,12). The van der Waals surface area contributed by atoms with Crippen molar-refractivity contribution in [1.29, 1.82) is 0 Å². The van der Waals surface area contributed by atoms with Gasteiger partial charge in [-0.25, -0.2) is 4.79 Å². The molecule has 2 N–H and O–H groups in total. The van der Waals surface area contributed by atoms with E-state index < -0.39 is 0 Å². The lowest BCUT2D eigenvalue weighted by molar-refractivity contribution is 0.378. The van der Waals surface area contributed by atoms with Crippen LogP contribution >= 0.6 is 0 Å². The van der Waals surface area contributed by atoms with Gasteiger partial charge in [-0.1, -0.05) is 6.92 Å². The van der Waals surface area contributed by atoms with Gasteiger partial charge in [0.15, 0.2) is 0 Å². The maximum absolute atomic E-state index is 11.2. The lowest BCUT2D eigenvalue weighted by Crippen LogP contribution is -2.26. The van der Waals surface area contributed by atoms with Gasteiger partial charge in [0.2, 0.25) is 5.88 Å². The predicted molar refractivity (Wildman–Crippen MR) is 44.2 cm³/mol. The molecule has 0 bridgehead atoms. The van der Waals surface area contributed by atoms with E-state index in [0.29, 0.717) is 5.92 Å². The molecule has 1 aliphatic rings. The van der Waals surface area contributed by atoms with E-state index in [2.05, 4.69) is 11.9 Å². The normalized spacial score (nSPS) is 22.2. The number of nitrogens with one attached hydrogen (secondary N) is 1. The highest BCUT2D eigenvalue weighted by atomic mass is 16.3. The number of H-pyrrole nitrogens is 1. The molecule has 1 unspecified atom stereocenters. The Hall–Kier alpha value is -1.19. The third kappa shape index (κ3) is 0.948. The Balaban J connectivity index is 2.52. The molecule has 2 heterocycles. The molecule has 0 aliphatic carbocycles. The van der Waals surface area contributed by atoms with E-state index >= 15 is 0 Å². The maximum Gasteiger partial charge on any atom is 0.328 e. The molecule has 4 nitrogen and oxygen atoms in total. The summed E-state index contributed by atoms with van der Waals surface area (Å²) in [5.74, 6) is 0.581. The van der Waals surface area contributed by atoms with Crippen LogP contribution in [0, 0.1) is 5.92 Å². The third-order valence-electron chi connectivity index (χ3n) is 2.44. The van der Waals surface area contributed by atoms with Crippen LogP contribution in [0.1, 0.15) is 19.0 Å². The van der Waals surface area contributed by atoms with Gasteiger partial charge in [-0.3, -0.25) is 9.55 Å². The van der Waals surface area contributed by atoms with Gasteiger partial charge in [0.1, 0.15) is 0 Å². The Kier molecular flexibility index (Phi) is 1.49.